The number of ether oxygens (including phenoxy) is 1. The Bertz CT molecular complexity index is 223. The topological polar surface area (TPSA) is 38.8 Å². The maximum Gasteiger partial charge on any atom is 0.332 e. The van der Waals surface area contributed by atoms with Crippen molar-refractivity contribution in [2.45, 2.75) is 26.2 Å². The maximum atomic E-state index is 11.0. The maximum absolute atomic E-state index is 11.0. The Kier molecular flexibility index (Phi) is 4.46. The van der Waals surface area contributed by atoms with Gasteiger partial charge in [0, 0.05) is 18.3 Å². The SMILES string of the molecule is CCON1CCCC/C1=C\C(=O)OC. The molecular weight excluding hydrogens is 182 g/mol. The molecule has 0 aromatic heterocycles. The number of hydrogen-bond donors (Lipinski definition) is 0. The lowest BCUT2D eigenvalue weighted by Crippen LogP contribution is -2.28. The third kappa shape index (κ3) is 3.03. The van der Waals surface area contributed by atoms with Crippen LogP contribution < -0.4 is 0 Å². The highest BCUT2D eigenvalue weighted by molar-refractivity contribution is 5.82. The van der Waals surface area contributed by atoms with Gasteiger partial charge in [-0.25, -0.2) is 4.79 Å². The van der Waals surface area contributed by atoms with Crippen molar-refractivity contribution in [2.24, 2.45) is 0 Å². The molecule has 0 spiro atoms. The second-order valence-corrected chi connectivity index (χ2v) is 3.14. The molecule has 1 fully saturated rings. The highest BCUT2D eigenvalue weighted by Gasteiger charge is 2.16. The van der Waals surface area contributed by atoms with E-state index < -0.39 is 0 Å². The van der Waals surface area contributed by atoms with Crippen molar-refractivity contribution in [3.05, 3.63) is 11.8 Å². The fourth-order valence-electron chi connectivity index (χ4n) is 1.47. The van der Waals surface area contributed by atoms with Crippen molar-refractivity contribution in [3.63, 3.8) is 0 Å². The van der Waals surface area contributed by atoms with Crippen molar-refractivity contribution >= 4 is 5.97 Å². The van der Waals surface area contributed by atoms with Crippen LogP contribution in [0.5, 0.6) is 0 Å². The minimum atomic E-state index is -0.313. The molecule has 0 unspecified atom stereocenters. The lowest BCUT2D eigenvalue weighted by molar-refractivity contribution is -0.142. The summed E-state index contributed by atoms with van der Waals surface area (Å²) in [6.07, 6.45) is 4.61. The minimum absolute atomic E-state index is 0.313. The summed E-state index contributed by atoms with van der Waals surface area (Å²) in [5.41, 5.74) is 0.921. The fraction of sp³-hybridized carbons (Fsp3) is 0.700. The van der Waals surface area contributed by atoms with Gasteiger partial charge in [0.15, 0.2) is 0 Å². The summed E-state index contributed by atoms with van der Waals surface area (Å²) in [4.78, 5) is 16.4. The highest BCUT2D eigenvalue weighted by Crippen LogP contribution is 2.20. The number of methoxy groups -OCH3 is 1. The Labute approximate surface area is 84.4 Å². The number of esters is 1. The van der Waals surface area contributed by atoms with Crippen molar-refractivity contribution < 1.29 is 14.4 Å². The van der Waals surface area contributed by atoms with Gasteiger partial charge in [-0.15, -0.1) is 0 Å². The van der Waals surface area contributed by atoms with Crippen LogP contribution in [0.2, 0.25) is 0 Å². The third-order valence-corrected chi connectivity index (χ3v) is 2.14. The van der Waals surface area contributed by atoms with Gasteiger partial charge in [-0.3, -0.25) is 9.90 Å². The first kappa shape index (κ1) is 11.0. The number of carbonyl (C=O) groups excluding carboxylic acids is 1. The second-order valence-electron chi connectivity index (χ2n) is 3.14. The van der Waals surface area contributed by atoms with Gasteiger partial charge in [-0.1, -0.05) is 0 Å². The van der Waals surface area contributed by atoms with Gasteiger partial charge in [-0.05, 0) is 26.2 Å². The first-order valence-corrected chi connectivity index (χ1v) is 4.97. The van der Waals surface area contributed by atoms with Gasteiger partial charge in [0.05, 0.1) is 13.7 Å². The number of carbonyl (C=O) groups is 1. The summed E-state index contributed by atoms with van der Waals surface area (Å²) in [6, 6.07) is 0. The van der Waals surface area contributed by atoms with Crippen LogP contribution in [-0.4, -0.2) is 31.3 Å². The van der Waals surface area contributed by atoms with Crippen LogP contribution >= 0.6 is 0 Å². The van der Waals surface area contributed by atoms with Gasteiger partial charge in [0.1, 0.15) is 0 Å². The number of allylic oxidation sites excluding steroid dienone is 1. The van der Waals surface area contributed by atoms with Crippen LogP contribution in [0.4, 0.5) is 0 Å². The summed E-state index contributed by atoms with van der Waals surface area (Å²) in [5, 5.41) is 1.79. The Morgan fingerprint density at radius 3 is 3.00 bits per heavy atom. The Hall–Kier alpha value is -1.03. The molecule has 4 nitrogen and oxygen atoms in total. The minimum Gasteiger partial charge on any atom is -0.466 e. The molecule has 1 aliphatic heterocycles. The molecule has 0 aromatic rings. The molecular formula is C10H17NO3. The van der Waals surface area contributed by atoms with Crippen LogP contribution in [0.15, 0.2) is 11.8 Å². The average Bonchev–Trinajstić information content (AvgIpc) is 2.21. The Morgan fingerprint density at radius 2 is 2.36 bits per heavy atom. The molecule has 1 rings (SSSR count). The van der Waals surface area contributed by atoms with E-state index in [1.807, 2.05) is 6.92 Å². The molecule has 4 heteroatoms. The van der Waals surface area contributed by atoms with Crippen LogP contribution in [0.25, 0.3) is 0 Å². The monoisotopic (exact) mass is 199 g/mol. The van der Waals surface area contributed by atoms with E-state index in [0.717, 1.165) is 31.5 Å². The largest absolute Gasteiger partial charge is 0.466 e. The van der Waals surface area contributed by atoms with E-state index in [9.17, 15) is 4.79 Å². The van der Waals surface area contributed by atoms with E-state index >= 15 is 0 Å². The molecule has 0 saturated carbocycles. The van der Waals surface area contributed by atoms with Crippen LogP contribution in [-0.2, 0) is 14.4 Å². The quantitative estimate of drug-likeness (QED) is 0.510. The van der Waals surface area contributed by atoms with Crippen molar-refractivity contribution in [1.29, 1.82) is 0 Å². The molecule has 1 heterocycles. The van der Waals surface area contributed by atoms with Crippen molar-refractivity contribution in [1.82, 2.24) is 5.06 Å². The summed E-state index contributed by atoms with van der Waals surface area (Å²) < 4.78 is 4.58. The number of hydrogen-bond acceptors (Lipinski definition) is 4. The molecule has 0 aromatic carbocycles. The lowest BCUT2D eigenvalue weighted by Gasteiger charge is -2.29. The van der Waals surface area contributed by atoms with Gasteiger partial charge in [0.2, 0.25) is 0 Å². The van der Waals surface area contributed by atoms with Gasteiger partial charge in [0.25, 0.3) is 0 Å². The third-order valence-electron chi connectivity index (χ3n) is 2.14. The Morgan fingerprint density at radius 1 is 1.57 bits per heavy atom. The zero-order valence-corrected chi connectivity index (χ0v) is 8.78. The van der Waals surface area contributed by atoms with E-state index in [1.54, 1.807) is 5.06 Å². The smallest absolute Gasteiger partial charge is 0.332 e. The molecule has 0 N–H and O–H groups in total. The molecule has 0 atom stereocenters. The lowest BCUT2D eigenvalue weighted by atomic mass is 10.1. The molecule has 14 heavy (non-hydrogen) atoms. The molecule has 1 saturated heterocycles. The predicted octanol–water partition coefficient (Wildman–Crippen LogP) is 1.48. The first-order chi connectivity index (χ1) is 6.77. The molecule has 1 aliphatic rings. The van der Waals surface area contributed by atoms with E-state index in [-0.39, 0.29) is 5.97 Å². The fourth-order valence-corrected chi connectivity index (χ4v) is 1.47. The Balaban J connectivity index is 2.61. The van der Waals surface area contributed by atoms with E-state index in [0.29, 0.717) is 6.61 Å². The van der Waals surface area contributed by atoms with Crippen LogP contribution in [0.1, 0.15) is 26.2 Å². The molecule has 0 bridgehead atoms. The van der Waals surface area contributed by atoms with E-state index in [1.165, 1.54) is 13.2 Å². The van der Waals surface area contributed by atoms with Crippen LogP contribution in [0.3, 0.4) is 0 Å². The zero-order valence-electron chi connectivity index (χ0n) is 8.78. The summed E-state index contributed by atoms with van der Waals surface area (Å²) in [7, 11) is 1.38. The molecule has 0 amide bonds. The number of rotatable bonds is 3. The standard InChI is InChI=1S/C10H17NO3/c1-3-14-11-7-5-4-6-9(11)8-10(12)13-2/h8H,3-7H2,1-2H3/b9-8+. The first-order valence-electron chi connectivity index (χ1n) is 4.97. The van der Waals surface area contributed by atoms with E-state index in [4.69, 9.17) is 4.84 Å². The van der Waals surface area contributed by atoms with Crippen LogP contribution in [0, 0.1) is 0 Å². The normalized spacial score (nSPS) is 19.9. The highest BCUT2D eigenvalue weighted by atomic mass is 16.7. The van der Waals surface area contributed by atoms with Gasteiger partial charge in [-0.2, -0.15) is 0 Å². The van der Waals surface area contributed by atoms with Crippen molar-refractivity contribution in [3.8, 4) is 0 Å². The molecule has 80 valence electrons. The second kappa shape index (κ2) is 5.65. The molecule has 0 radical (unpaired) electrons. The number of hydroxylamine groups is 2. The van der Waals surface area contributed by atoms with Crippen molar-refractivity contribution in [2.75, 3.05) is 20.3 Å². The number of piperidine rings is 1. The van der Waals surface area contributed by atoms with Gasteiger partial charge >= 0.3 is 5.97 Å². The van der Waals surface area contributed by atoms with Gasteiger partial charge < -0.3 is 4.74 Å². The summed E-state index contributed by atoms with van der Waals surface area (Å²) in [6.45, 7) is 3.42. The zero-order chi connectivity index (χ0) is 10.4. The number of nitrogens with zero attached hydrogens (tertiary/aromatic N) is 1. The molecule has 0 aliphatic carbocycles. The summed E-state index contributed by atoms with van der Waals surface area (Å²) >= 11 is 0. The average molecular weight is 199 g/mol. The summed E-state index contributed by atoms with van der Waals surface area (Å²) in [5.74, 6) is -0.313. The predicted molar refractivity (Wildman–Crippen MR) is 52.3 cm³/mol. The van der Waals surface area contributed by atoms with E-state index in [2.05, 4.69) is 4.74 Å².